The van der Waals surface area contributed by atoms with E-state index in [1.54, 1.807) is 4.68 Å². The van der Waals surface area contributed by atoms with E-state index in [1.807, 2.05) is 24.1 Å². The molecule has 6 nitrogen and oxygen atoms in total. The molecule has 0 atom stereocenters. The Morgan fingerprint density at radius 1 is 1.03 bits per heavy atom. The maximum Gasteiger partial charge on any atom is 0.274 e. The van der Waals surface area contributed by atoms with Gasteiger partial charge in [0, 0.05) is 38.3 Å². The average molecular weight is 409 g/mol. The fourth-order valence-corrected chi connectivity index (χ4v) is 4.11. The first-order valence-corrected chi connectivity index (χ1v) is 11.3. The number of likely N-dealkylation sites (tertiary alicyclic amines) is 1. The maximum absolute atomic E-state index is 12.6. The zero-order chi connectivity index (χ0) is 20.9. The van der Waals surface area contributed by atoms with Crippen molar-refractivity contribution in [2.45, 2.75) is 64.5 Å². The van der Waals surface area contributed by atoms with Crippen LogP contribution in [0.5, 0.6) is 0 Å². The van der Waals surface area contributed by atoms with Gasteiger partial charge in [-0.05, 0) is 68.6 Å². The predicted octanol–water partition coefficient (Wildman–Crippen LogP) is 3.21. The van der Waals surface area contributed by atoms with E-state index >= 15 is 0 Å². The van der Waals surface area contributed by atoms with Crippen molar-refractivity contribution in [3.63, 3.8) is 0 Å². The first-order valence-electron chi connectivity index (χ1n) is 11.3. The molecule has 1 N–H and O–H groups in total. The average Bonchev–Trinajstić information content (AvgIpc) is 3.45. The summed E-state index contributed by atoms with van der Waals surface area (Å²) < 4.78 is 1.79. The summed E-state index contributed by atoms with van der Waals surface area (Å²) in [7, 11) is 0. The number of nitrogens with zero attached hydrogens (tertiary/aromatic N) is 3. The Morgan fingerprint density at radius 3 is 2.37 bits per heavy atom. The number of amides is 2. The van der Waals surface area contributed by atoms with Gasteiger partial charge in [-0.15, -0.1) is 0 Å². The number of nitrogens with one attached hydrogen (secondary N) is 1. The van der Waals surface area contributed by atoms with Crippen molar-refractivity contribution in [3.8, 4) is 0 Å². The lowest BCUT2D eigenvalue weighted by Crippen LogP contribution is -2.39. The Bertz CT molecular complexity index is 862. The largest absolute Gasteiger partial charge is 0.353 e. The highest BCUT2D eigenvalue weighted by atomic mass is 16.2. The van der Waals surface area contributed by atoms with E-state index in [4.69, 9.17) is 0 Å². The molecule has 30 heavy (non-hydrogen) atoms. The van der Waals surface area contributed by atoms with Crippen LogP contribution in [0.25, 0.3) is 0 Å². The fraction of sp³-hybridized carbons (Fsp3) is 0.542. The molecular formula is C24H32N4O2. The Hall–Kier alpha value is -2.63. The van der Waals surface area contributed by atoms with Gasteiger partial charge in [0.2, 0.25) is 5.91 Å². The number of rotatable bonds is 8. The molecule has 6 heteroatoms. The number of carbonyl (C=O) groups excluding carboxylic acids is 2. The van der Waals surface area contributed by atoms with E-state index in [2.05, 4.69) is 34.7 Å². The number of hydrogen-bond donors (Lipinski definition) is 1. The van der Waals surface area contributed by atoms with Crippen LogP contribution in [0.1, 0.15) is 60.6 Å². The lowest BCUT2D eigenvalue weighted by molar-refractivity contribution is -0.121. The maximum atomic E-state index is 12.6. The van der Waals surface area contributed by atoms with E-state index in [0.29, 0.717) is 24.1 Å². The Morgan fingerprint density at radius 2 is 1.73 bits per heavy atom. The van der Waals surface area contributed by atoms with E-state index in [0.717, 1.165) is 58.2 Å². The molecule has 1 aliphatic heterocycles. The number of aryl methyl sites for hydroxylation is 2. The molecule has 160 valence electrons. The topological polar surface area (TPSA) is 67.2 Å². The van der Waals surface area contributed by atoms with Crippen LogP contribution in [-0.4, -0.2) is 45.6 Å². The molecule has 2 amide bonds. The second-order valence-electron chi connectivity index (χ2n) is 8.65. The number of piperidine rings is 1. The normalized spacial score (nSPS) is 17.2. The van der Waals surface area contributed by atoms with E-state index in [-0.39, 0.29) is 11.8 Å². The van der Waals surface area contributed by atoms with Crippen molar-refractivity contribution in [3.05, 3.63) is 53.3 Å². The van der Waals surface area contributed by atoms with Crippen LogP contribution in [0.2, 0.25) is 0 Å². The molecule has 1 saturated carbocycles. The van der Waals surface area contributed by atoms with Crippen molar-refractivity contribution < 1.29 is 9.59 Å². The number of carbonyl (C=O) groups is 2. The van der Waals surface area contributed by atoms with Gasteiger partial charge in [-0.2, -0.15) is 5.10 Å². The first kappa shape index (κ1) is 20.6. The zero-order valence-electron chi connectivity index (χ0n) is 17.8. The highest BCUT2D eigenvalue weighted by Gasteiger charge is 2.25. The monoisotopic (exact) mass is 408 g/mol. The standard InChI is InChI=1S/C24H32N4O2/c1-2-28-16-13-22(26-28)24(30)27-14-11-20(12-15-27)17-19-5-3-18(4-6-19)7-10-23(29)25-21-8-9-21/h3-6,13,16,20-21H,2,7-12,14-15,17H2,1H3,(H,25,29). The molecule has 1 saturated heterocycles. The van der Waals surface area contributed by atoms with Crippen LogP contribution >= 0.6 is 0 Å². The molecule has 0 bridgehead atoms. The second-order valence-corrected chi connectivity index (χ2v) is 8.65. The minimum atomic E-state index is 0.0516. The molecule has 4 rings (SSSR count). The summed E-state index contributed by atoms with van der Waals surface area (Å²) in [5, 5.41) is 7.39. The van der Waals surface area contributed by atoms with Crippen molar-refractivity contribution in [2.75, 3.05) is 13.1 Å². The van der Waals surface area contributed by atoms with Crippen molar-refractivity contribution in [1.82, 2.24) is 20.0 Å². The lowest BCUT2D eigenvalue weighted by atomic mass is 9.89. The Labute approximate surface area is 178 Å². The number of hydrogen-bond acceptors (Lipinski definition) is 3. The van der Waals surface area contributed by atoms with Gasteiger partial charge in [0.25, 0.3) is 5.91 Å². The van der Waals surface area contributed by atoms with Crippen LogP contribution in [0.4, 0.5) is 0 Å². The third kappa shape index (κ3) is 5.49. The quantitative estimate of drug-likeness (QED) is 0.729. The lowest BCUT2D eigenvalue weighted by Gasteiger charge is -2.31. The first-order chi connectivity index (χ1) is 14.6. The number of benzene rings is 1. The van der Waals surface area contributed by atoms with Crippen LogP contribution in [-0.2, 0) is 24.2 Å². The van der Waals surface area contributed by atoms with Crippen LogP contribution in [0.15, 0.2) is 36.5 Å². The SMILES string of the molecule is CCn1ccc(C(=O)N2CCC(Cc3ccc(CCC(=O)NC4CC4)cc3)CC2)n1. The third-order valence-corrected chi connectivity index (χ3v) is 6.22. The zero-order valence-corrected chi connectivity index (χ0v) is 17.8. The predicted molar refractivity (Wildman–Crippen MR) is 116 cm³/mol. The smallest absolute Gasteiger partial charge is 0.274 e. The summed E-state index contributed by atoms with van der Waals surface area (Å²) in [5.74, 6) is 0.831. The summed E-state index contributed by atoms with van der Waals surface area (Å²) in [6.07, 6.45) is 8.62. The summed E-state index contributed by atoms with van der Waals surface area (Å²) in [5.41, 5.74) is 3.11. The van der Waals surface area contributed by atoms with Crippen LogP contribution in [0, 0.1) is 5.92 Å². The van der Waals surface area contributed by atoms with Gasteiger partial charge < -0.3 is 10.2 Å². The Kier molecular flexibility index (Phi) is 6.50. The van der Waals surface area contributed by atoms with Gasteiger partial charge in [-0.3, -0.25) is 14.3 Å². The Balaban J connectivity index is 1.20. The minimum Gasteiger partial charge on any atom is -0.353 e. The molecule has 1 aliphatic carbocycles. The molecule has 2 fully saturated rings. The van der Waals surface area contributed by atoms with Crippen LogP contribution < -0.4 is 5.32 Å². The van der Waals surface area contributed by atoms with Gasteiger partial charge >= 0.3 is 0 Å². The second kappa shape index (κ2) is 9.45. The fourth-order valence-electron chi connectivity index (χ4n) is 4.11. The molecule has 0 spiro atoms. The highest BCUT2D eigenvalue weighted by molar-refractivity contribution is 5.92. The summed E-state index contributed by atoms with van der Waals surface area (Å²) in [6, 6.07) is 11.0. The van der Waals surface area contributed by atoms with E-state index in [9.17, 15) is 9.59 Å². The summed E-state index contributed by atoms with van der Waals surface area (Å²) in [6.45, 7) is 4.40. The number of aromatic nitrogens is 2. The highest BCUT2D eigenvalue weighted by Crippen LogP contribution is 2.23. The van der Waals surface area contributed by atoms with Gasteiger partial charge in [0.15, 0.2) is 0 Å². The molecule has 2 aromatic rings. The molecule has 0 radical (unpaired) electrons. The summed E-state index contributed by atoms with van der Waals surface area (Å²) >= 11 is 0. The van der Waals surface area contributed by atoms with Crippen molar-refractivity contribution in [1.29, 1.82) is 0 Å². The summed E-state index contributed by atoms with van der Waals surface area (Å²) in [4.78, 5) is 26.4. The van der Waals surface area contributed by atoms with Crippen molar-refractivity contribution >= 4 is 11.8 Å². The van der Waals surface area contributed by atoms with E-state index in [1.165, 1.54) is 11.1 Å². The van der Waals surface area contributed by atoms with Gasteiger partial charge in [0.05, 0.1) is 0 Å². The van der Waals surface area contributed by atoms with Crippen LogP contribution in [0.3, 0.4) is 0 Å². The third-order valence-electron chi connectivity index (χ3n) is 6.22. The van der Waals surface area contributed by atoms with Gasteiger partial charge in [-0.25, -0.2) is 0 Å². The minimum absolute atomic E-state index is 0.0516. The molecule has 1 aromatic heterocycles. The molecule has 2 heterocycles. The molecular weight excluding hydrogens is 376 g/mol. The van der Waals surface area contributed by atoms with Gasteiger partial charge in [0.1, 0.15) is 5.69 Å². The van der Waals surface area contributed by atoms with Crippen molar-refractivity contribution in [2.24, 2.45) is 5.92 Å². The van der Waals surface area contributed by atoms with Gasteiger partial charge in [-0.1, -0.05) is 24.3 Å². The molecule has 2 aliphatic rings. The molecule has 0 unspecified atom stereocenters. The van der Waals surface area contributed by atoms with E-state index < -0.39 is 0 Å². The molecule has 1 aromatic carbocycles.